The Bertz CT molecular complexity index is 1740. The first-order chi connectivity index (χ1) is 34.3. The molecule has 0 fully saturated rings. The highest BCUT2D eigenvalue weighted by atomic mass is 16.3. The number of hydrogen-bond donors (Lipinski definition) is 13. The molecule has 0 saturated heterocycles. The summed E-state index contributed by atoms with van der Waals surface area (Å²) in [5, 5.41) is 98.1. The lowest BCUT2D eigenvalue weighted by atomic mass is 9.89. The van der Waals surface area contributed by atoms with E-state index in [2.05, 4.69) is 21.3 Å². The molecule has 418 valence electrons. The van der Waals surface area contributed by atoms with Gasteiger partial charge in [-0.3, -0.25) is 28.8 Å². The molecule has 2 unspecified atom stereocenters. The molecular formula is C51H94N6O15. The number of anilines is 2. The predicted octanol–water partition coefficient (Wildman–Crippen LogP) is 2.01. The maximum Gasteiger partial charge on any atom is 0.252 e. The Morgan fingerprint density at radius 1 is 0.403 bits per heavy atom. The normalized spacial score (nSPS) is 11.1. The van der Waals surface area contributed by atoms with Gasteiger partial charge in [-0.1, -0.05) is 83.1 Å². The highest BCUT2D eigenvalue weighted by Gasteiger charge is 2.32. The van der Waals surface area contributed by atoms with Crippen molar-refractivity contribution in [1.29, 1.82) is 0 Å². The lowest BCUT2D eigenvalue weighted by molar-refractivity contribution is -0.108. The summed E-state index contributed by atoms with van der Waals surface area (Å²) in [5.41, 5.74) is 0.347. The monoisotopic (exact) mass is 1030 g/mol. The van der Waals surface area contributed by atoms with E-state index in [-0.39, 0.29) is 80.1 Å². The molecule has 0 saturated carbocycles. The van der Waals surface area contributed by atoms with Crippen molar-refractivity contribution in [2.45, 2.75) is 155 Å². The van der Waals surface area contributed by atoms with Crippen molar-refractivity contribution in [2.75, 3.05) is 75.6 Å². The van der Waals surface area contributed by atoms with Gasteiger partial charge in [0.15, 0.2) is 0 Å². The molecule has 0 aliphatic heterocycles. The molecule has 6 amide bonds. The predicted molar refractivity (Wildman–Crippen MR) is 284 cm³/mol. The van der Waals surface area contributed by atoms with E-state index in [1.807, 2.05) is 83.1 Å². The van der Waals surface area contributed by atoms with Gasteiger partial charge >= 0.3 is 0 Å². The van der Waals surface area contributed by atoms with Crippen molar-refractivity contribution < 1.29 is 74.7 Å². The van der Waals surface area contributed by atoms with Crippen molar-refractivity contribution in [3.8, 4) is 0 Å². The number of carbonyl (C=O) groups excluding carboxylic acids is 6. The standard InChI is InChI=1S/C39H58N6O15.6C2H6/c1-19-30(36(57)40-7-27(54)15-50)21(3)34(23(5)32(19)38(59)42-25(11-46)12-47)44(17-52)9-29(56)10-45(18-53)35-22(4)31(37(58)41-8-28(55)16-51)20(2)33(24(35)6)39(60)43-26(13-48)14-49;6*1-2/h17-18,25-29,46-51,54-56H,7-16H2,1-6H3,(H,40,57)(H,41,58)(H,42,59)(H,43,60);6*1-2H3. The van der Waals surface area contributed by atoms with Gasteiger partial charge < -0.3 is 77.0 Å². The quantitative estimate of drug-likeness (QED) is 0.0669. The molecule has 0 spiro atoms. The molecule has 0 heterocycles. The molecule has 2 aromatic carbocycles. The summed E-state index contributed by atoms with van der Waals surface area (Å²) in [7, 11) is 0. The number of hydrogen-bond acceptors (Lipinski definition) is 15. The Hall–Kier alpha value is -5.10. The van der Waals surface area contributed by atoms with Crippen LogP contribution < -0.4 is 31.1 Å². The van der Waals surface area contributed by atoms with Crippen LogP contribution in [-0.2, 0) is 9.59 Å². The molecular weight excluding hydrogens is 937 g/mol. The molecule has 0 radical (unpaired) electrons. The SMILES string of the molecule is CC.CC.CC.CC.CC.CC.Cc1c(C(=O)NCC(O)CO)c(C)c(N(C=O)CC(O)CN(C=O)c2c(C)c(C(=O)NCC(O)CO)c(C)c(C(=O)NC(CO)CO)c2C)c(C)c1C(=O)NC(CO)CO. The molecule has 0 bridgehead atoms. The zero-order chi connectivity index (χ0) is 57.6. The van der Waals surface area contributed by atoms with Crippen LogP contribution in [0.5, 0.6) is 0 Å². The van der Waals surface area contributed by atoms with Gasteiger partial charge in [0.2, 0.25) is 12.8 Å². The number of aliphatic hydroxyl groups excluding tert-OH is 9. The zero-order valence-corrected chi connectivity index (χ0v) is 46.5. The summed E-state index contributed by atoms with van der Waals surface area (Å²) in [6, 6.07) is -2.19. The fourth-order valence-corrected chi connectivity index (χ4v) is 7.06. The Morgan fingerprint density at radius 3 is 0.847 bits per heavy atom. The second-order valence-corrected chi connectivity index (χ2v) is 14.3. The smallest absolute Gasteiger partial charge is 0.252 e. The van der Waals surface area contributed by atoms with Crippen molar-refractivity contribution in [3.05, 3.63) is 55.6 Å². The molecule has 0 aromatic heterocycles. The van der Waals surface area contributed by atoms with Crippen LogP contribution in [0.4, 0.5) is 11.4 Å². The summed E-state index contributed by atoms with van der Waals surface area (Å²) in [6.07, 6.45) is -3.63. The fourth-order valence-electron chi connectivity index (χ4n) is 7.06. The molecule has 2 aromatic rings. The van der Waals surface area contributed by atoms with Crippen LogP contribution in [-0.4, -0.2) is 179 Å². The van der Waals surface area contributed by atoms with Crippen LogP contribution in [0.1, 0.15) is 158 Å². The second kappa shape index (κ2) is 43.5. The number of benzene rings is 2. The van der Waals surface area contributed by atoms with Gasteiger partial charge in [-0.15, -0.1) is 0 Å². The van der Waals surface area contributed by atoms with Gasteiger partial charge in [0.05, 0.1) is 94.5 Å². The Labute approximate surface area is 429 Å². The highest BCUT2D eigenvalue weighted by molar-refractivity contribution is 6.08. The van der Waals surface area contributed by atoms with E-state index < -0.39 is 107 Å². The van der Waals surface area contributed by atoms with Gasteiger partial charge in [-0.2, -0.15) is 0 Å². The molecule has 0 aliphatic rings. The van der Waals surface area contributed by atoms with E-state index >= 15 is 0 Å². The molecule has 2 rings (SSSR count). The average molecular weight is 1030 g/mol. The number of amides is 6. The first-order valence-electron chi connectivity index (χ1n) is 24.9. The van der Waals surface area contributed by atoms with E-state index in [0.717, 1.165) is 9.80 Å². The van der Waals surface area contributed by atoms with E-state index in [1.165, 1.54) is 41.5 Å². The van der Waals surface area contributed by atoms with E-state index in [4.69, 9.17) is 0 Å². The van der Waals surface area contributed by atoms with Gasteiger partial charge in [-0.25, -0.2) is 0 Å². The lowest BCUT2D eigenvalue weighted by Gasteiger charge is -2.31. The molecule has 72 heavy (non-hydrogen) atoms. The van der Waals surface area contributed by atoms with Crippen molar-refractivity contribution >= 4 is 47.8 Å². The number of aliphatic hydroxyl groups is 9. The summed E-state index contributed by atoms with van der Waals surface area (Å²) >= 11 is 0. The summed E-state index contributed by atoms with van der Waals surface area (Å²) in [6.45, 7) is 27.0. The molecule has 13 N–H and O–H groups in total. The van der Waals surface area contributed by atoms with Crippen LogP contribution in [0, 0.1) is 41.5 Å². The van der Waals surface area contributed by atoms with Gasteiger partial charge in [0, 0.05) is 35.3 Å². The average Bonchev–Trinajstić information content (AvgIpc) is 3.40. The largest absolute Gasteiger partial charge is 0.394 e. The minimum absolute atomic E-state index is 0.0112. The summed E-state index contributed by atoms with van der Waals surface area (Å²) in [5.74, 6) is -3.26. The van der Waals surface area contributed by atoms with E-state index in [0.29, 0.717) is 12.8 Å². The molecule has 21 nitrogen and oxygen atoms in total. The third kappa shape index (κ3) is 22.3. The van der Waals surface area contributed by atoms with E-state index in [1.54, 1.807) is 0 Å². The summed E-state index contributed by atoms with van der Waals surface area (Å²) < 4.78 is 0. The Kier molecular flexibility index (Phi) is 45.8. The topological polar surface area (TPSA) is 339 Å². The number of nitrogens with zero attached hydrogens (tertiary/aromatic N) is 2. The number of rotatable bonds is 24. The fraction of sp³-hybridized carbons (Fsp3) is 0.647. The molecule has 0 aliphatic carbocycles. The van der Waals surface area contributed by atoms with Crippen LogP contribution in [0.15, 0.2) is 0 Å². The van der Waals surface area contributed by atoms with Crippen LogP contribution >= 0.6 is 0 Å². The third-order valence-electron chi connectivity index (χ3n) is 9.94. The maximum absolute atomic E-state index is 13.6. The highest BCUT2D eigenvalue weighted by Crippen LogP contribution is 2.36. The van der Waals surface area contributed by atoms with Gasteiger partial charge in [-0.05, 0) is 74.9 Å². The van der Waals surface area contributed by atoms with E-state index in [9.17, 15) is 74.7 Å². The Morgan fingerprint density at radius 2 is 0.639 bits per heavy atom. The van der Waals surface area contributed by atoms with Crippen LogP contribution in [0.3, 0.4) is 0 Å². The van der Waals surface area contributed by atoms with Crippen LogP contribution in [0.25, 0.3) is 0 Å². The van der Waals surface area contributed by atoms with Gasteiger partial charge in [0.1, 0.15) is 0 Å². The molecule has 21 heteroatoms. The third-order valence-corrected chi connectivity index (χ3v) is 9.94. The maximum atomic E-state index is 13.6. The van der Waals surface area contributed by atoms with Crippen molar-refractivity contribution in [3.63, 3.8) is 0 Å². The molecule has 2 atom stereocenters. The number of nitrogens with one attached hydrogen (secondary N) is 4. The lowest BCUT2D eigenvalue weighted by Crippen LogP contribution is -2.43. The minimum atomic E-state index is -1.61. The minimum Gasteiger partial charge on any atom is -0.394 e. The first-order valence-corrected chi connectivity index (χ1v) is 24.9. The zero-order valence-electron chi connectivity index (χ0n) is 46.5. The number of carbonyl (C=O) groups is 6. The van der Waals surface area contributed by atoms with Crippen molar-refractivity contribution in [2.24, 2.45) is 0 Å². The second-order valence-electron chi connectivity index (χ2n) is 14.3. The van der Waals surface area contributed by atoms with Gasteiger partial charge in [0.25, 0.3) is 23.6 Å². The summed E-state index contributed by atoms with van der Waals surface area (Å²) in [4.78, 5) is 82.0. The van der Waals surface area contributed by atoms with Crippen LogP contribution in [0.2, 0.25) is 0 Å². The van der Waals surface area contributed by atoms with Crippen molar-refractivity contribution in [1.82, 2.24) is 21.3 Å². The first kappa shape index (κ1) is 75.8. The Balaban J connectivity index is -0.00000115.